The van der Waals surface area contributed by atoms with E-state index < -0.39 is 54.3 Å². The van der Waals surface area contributed by atoms with E-state index in [0.717, 1.165) is 4.90 Å². The summed E-state index contributed by atoms with van der Waals surface area (Å²) in [5, 5.41) is 20.5. The van der Waals surface area contributed by atoms with Gasteiger partial charge in [-0.15, -0.1) is 0 Å². The molecule has 2 rings (SSSR count). The van der Waals surface area contributed by atoms with E-state index in [1.807, 2.05) is 0 Å². The summed E-state index contributed by atoms with van der Waals surface area (Å²) in [6.07, 6.45) is 1.19. The molecule has 0 unspecified atom stereocenters. The van der Waals surface area contributed by atoms with Crippen LogP contribution in [-0.4, -0.2) is 80.9 Å². The molecule has 0 aromatic heterocycles. The average Bonchev–Trinajstić information content (AvgIpc) is 3.14. The monoisotopic (exact) mass is 355 g/mol. The summed E-state index contributed by atoms with van der Waals surface area (Å²) >= 11 is 0. The van der Waals surface area contributed by atoms with Gasteiger partial charge in [0.25, 0.3) is 0 Å². The first-order valence-electron chi connectivity index (χ1n) is 8.07. The molecule has 2 aliphatic rings. The lowest BCUT2D eigenvalue weighted by Gasteiger charge is -2.27. The molecule has 0 radical (unpaired) electrons. The van der Waals surface area contributed by atoms with Gasteiger partial charge in [0.05, 0.1) is 0 Å². The van der Waals surface area contributed by atoms with Crippen molar-refractivity contribution in [3.05, 3.63) is 0 Å². The quantitative estimate of drug-likeness (QED) is 0.534. The molecule has 2 saturated heterocycles. The number of carboxylic acid groups (broad SMARTS) is 2. The SMILES string of the molecule is C[C@H](NC(=O)[C@@H]1CCC(=O)N1CC(=O)O)C(=O)N1CCC[C@H]1C(=O)O. The fourth-order valence-corrected chi connectivity index (χ4v) is 3.26. The van der Waals surface area contributed by atoms with Gasteiger partial charge in [-0.25, -0.2) is 4.79 Å². The van der Waals surface area contributed by atoms with Crippen molar-refractivity contribution in [1.29, 1.82) is 0 Å². The maximum atomic E-state index is 12.4. The Hall–Kier alpha value is -2.65. The maximum Gasteiger partial charge on any atom is 0.326 e. The van der Waals surface area contributed by atoms with Crippen LogP contribution in [0.5, 0.6) is 0 Å². The third-order valence-corrected chi connectivity index (χ3v) is 4.49. The molecule has 138 valence electrons. The first kappa shape index (κ1) is 18.7. The highest BCUT2D eigenvalue weighted by molar-refractivity contribution is 5.95. The Labute approximate surface area is 143 Å². The van der Waals surface area contributed by atoms with E-state index in [1.165, 1.54) is 11.8 Å². The van der Waals surface area contributed by atoms with Crippen molar-refractivity contribution >= 4 is 29.7 Å². The van der Waals surface area contributed by atoms with Crippen molar-refractivity contribution in [2.45, 2.75) is 50.7 Å². The molecule has 2 aliphatic heterocycles. The second-order valence-electron chi connectivity index (χ2n) is 6.23. The molecular weight excluding hydrogens is 334 g/mol. The van der Waals surface area contributed by atoms with Crippen LogP contribution >= 0.6 is 0 Å². The predicted octanol–water partition coefficient (Wildman–Crippen LogP) is -1.36. The molecule has 0 aromatic rings. The molecule has 3 amide bonds. The number of carbonyl (C=O) groups is 5. The van der Waals surface area contributed by atoms with E-state index in [4.69, 9.17) is 10.2 Å². The Balaban J connectivity index is 1.99. The zero-order valence-electron chi connectivity index (χ0n) is 13.8. The van der Waals surface area contributed by atoms with Gasteiger partial charge in [-0.1, -0.05) is 0 Å². The number of aliphatic carboxylic acids is 2. The number of nitrogens with one attached hydrogen (secondary N) is 1. The highest BCUT2D eigenvalue weighted by Crippen LogP contribution is 2.20. The van der Waals surface area contributed by atoms with Crippen molar-refractivity contribution in [2.75, 3.05) is 13.1 Å². The molecule has 10 nitrogen and oxygen atoms in total. The second-order valence-corrected chi connectivity index (χ2v) is 6.23. The number of hydrogen-bond donors (Lipinski definition) is 3. The second kappa shape index (κ2) is 7.49. The number of rotatable bonds is 6. The number of likely N-dealkylation sites (tertiary alicyclic amines) is 2. The van der Waals surface area contributed by atoms with Gasteiger partial charge in [0, 0.05) is 13.0 Å². The van der Waals surface area contributed by atoms with Crippen LogP contribution in [0.1, 0.15) is 32.6 Å². The lowest BCUT2D eigenvalue weighted by molar-refractivity contribution is -0.149. The van der Waals surface area contributed by atoms with Crippen molar-refractivity contribution in [2.24, 2.45) is 0 Å². The third kappa shape index (κ3) is 4.06. The molecule has 3 atom stereocenters. The zero-order chi connectivity index (χ0) is 18.7. The summed E-state index contributed by atoms with van der Waals surface area (Å²) in [4.78, 5) is 60.7. The number of hydrogen-bond acceptors (Lipinski definition) is 5. The summed E-state index contributed by atoms with van der Waals surface area (Å²) in [6.45, 7) is 1.17. The Morgan fingerprint density at radius 3 is 2.48 bits per heavy atom. The van der Waals surface area contributed by atoms with Crippen LogP contribution in [-0.2, 0) is 24.0 Å². The van der Waals surface area contributed by atoms with Gasteiger partial charge in [-0.3, -0.25) is 19.2 Å². The normalized spacial score (nSPS) is 24.3. The van der Waals surface area contributed by atoms with Crippen molar-refractivity contribution in [1.82, 2.24) is 15.1 Å². The highest BCUT2D eigenvalue weighted by atomic mass is 16.4. The van der Waals surface area contributed by atoms with E-state index in [9.17, 15) is 24.0 Å². The van der Waals surface area contributed by atoms with E-state index >= 15 is 0 Å². The average molecular weight is 355 g/mol. The number of carbonyl (C=O) groups excluding carboxylic acids is 3. The maximum absolute atomic E-state index is 12.4. The Bertz CT molecular complexity index is 606. The standard InChI is InChI=1S/C15H21N3O7/c1-8(14(23)17-6-2-3-10(17)15(24)25)16-13(22)9-4-5-11(19)18(9)7-12(20)21/h8-10H,2-7H2,1H3,(H,16,22)(H,20,21)(H,24,25)/t8-,9-,10-/m0/s1. The smallest absolute Gasteiger partial charge is 0.326 e. The first-order chi connectivity index (χ1) is 11.7. The molecule has 25 heavy (non-hydrogen) atoms. The van der Waals surface area contributed by atoms with Crippen LogP contribution in [0, 0.1) is 0 Å². The number of nitrogens with zero attached hydrogens (tertiary/aromatic N) is 2. The lowest BCUT2D eigenvalue weighted by Crippen LogP contribution is -2.54. The summed E-state index contributed by atoms with van der Waals surface area (Å²) in [6, 6.07) is -2.80. The number of amides is 3. The van der Waals surface area contributed by atoms with Crippen molar-refractivity contribution in [3.8, 4) is 0 Å². The fourth-order valence-electron chi connectivity index (χ4n) is 3.26. The zero-order valence-corrected chi connectivity index (χ0v) is 13.8. The van der Waals surface area contributed by atoms with Crippen LogP contribution in [0.25, 0.3) is 0 Å². The molecule has 2 fully saturated rings. The van der Waals surface area contributed by atoms with Crippen LogP contribution < -0.4 is 5.32 Å². The fraction of sp³-hybridized carbons (Fsp3) is 0.667. The first-order valence-corrected chi connectivity index (χ1v) is 8.07. The van der Waals surface area contributed by atoms with Gasteiger partial charge < -0.3 is 25.3 Å². The minimum atomic E-state index is -1.22. The van der Waals surface area contributed by atoms with E-state index in [0.29, 0.717) is 19.4 Å². The van der Waals surface area contributed by atoms with Crippen LogP contribution in [0.15, 0.2) is 0 Å². The van der Waals surface area contributed by atoms with Gasteiger partial charge in [0.1, 0.15) is 24.7 Å². The topological polar surface area (TPSA) is 144 Å². The molecule has 2 heterocycles. The summed E-state index contributed by atoms with van der Waals surface area (Å²) in [5.74, 6) is -3.85. The van der Waals surface area contributed by atoms with E-state index in [-0.39, 0.29) is 12.8 Å². The van der Waals surface area contributed by atoms with E-state index in [2.05, 4.69) is 5.32 Å². The summed E-state index contributed by atoms with van der Waals surface area (Å²) in [7, 11) is 0. The van der Waals surface area contributed by atoms with Gasteiger partial charge in [0.2, 0.25) is 17.7 Å². The van der Waals surface area contributed by atoms with Crippen molar-refractivity contribution in [3.63, 3.8) is 0 Å². The van der Waals surface area contributed by atoms with Gasteiger partial charge >= 0.3 is 11.9 Å². The molecule has 0 saturated carbocycles. The largest absolute Gasteiger partial charge is 0.480 e. The van der Waals surface area contributed by atoms with Gasteiger partial charge in [-0.2, -0.15) is 0 Å². The van der Waals surface area contributed by atoms with Crippen molar-refractivity contribution < 1.29 is 34.2 Å². The molecule has 3 N–H and O–H groups in total. The van der Waals surface area contributed by atoms with Crippen LogP contribution in [0.2, 0.25) is 0 Å². The predicted molar refractivity (Wildman–Crippen MR) is 82.3 cm³/mol. The Kier molecular flexibility index (Phi) is 5.60. The molecule has 0 aromatic carbocycles. The Morgan fingerprint density at radius 2 is 1.88 bits per heavy atom. The number of carboxylic acids is 2. The molecule has 0 bridgehead atoms. The van der Waals surface area contributed by atoms with Gasteiger partial charge in [0.15, 0.2) is 0 Å². The molecule has 0 aliphatic carbocycles. The highest BCUT2D eigenvalue weighted by Gasteiger charge is 2.40. The molecule has 0 spiro atoms. The van der Waals surface area contributed by atoms with Gasteiger partial charge in [-0.05, 0) is 26.2 Å². The van der Waals surface area contributed by atoms with E-state index in [1.54, 1.807) is 0 Å². The lowest BCUT2D eigenvalue weighted by atomic mass is 10.1. The van der Waals surface area contributed by atoms with Crippen LogP contribution in [0.3, 0.4) is 0 Å². The Morgan fingerprint density at radius 1 is 1.20 bits per heavy atom. The minimum Gasteiger partial charge on any atom is -0.480 e. The van der Waals surface area contributed by atoms with Crippen LogP contribution in [0.4, 0.5) is 0 Å². The summed E-state index contributed by atoms with van der Waals surface area (Å²) in [5.41, 5.74) is 0. The molecular formula is C15H21N3O7. The third-order valence-electron chi connectivity index (χ3n) is 4.49. The molecule has 10 heteroatoms. The minimum absolute atomic E-state index is 0.0703. The summed E-state index contributed by atoms with van der Waals surface area (Å²) < 4.78 is 0.